The van der Waals surface area contributed by atoms with E-state index in [-0.39, 0.29) is 77.1 Å². The van der Waals surface area contributed by atoms with Gasteiger partial charge in [0.25, 0.3) is 0 Å². The Morgan fingerprint density at radius 2 is 0.932 bits per heavy atom. The second-order valence-electron chi connectivity index (χ2n) is 15.4. The van der Waals surface area contributed by atoms with Crippen LogP contribution in [0.2, 0.25) is 0 Å². The largest absolute Gasteiger partial charge is 2.00 e. The summed E-state index contributed by atoms with van der Waals surface area (Å²) in [4.78, 5) is 12.2. The summed E-state index contributed by atoms with van der Waals surface area (Å²) in [6.45, 7) is 29.8. The molecule has 2 atom stereocenters. The molecule has 2 aromatic carbocycles. The van der Waals surface area contributed by atoms with Crippen LogP contribution in [0.15, 0.2) is 24.3 Å². The Balaban J connectivity index is 0.000000823. The summed E-state index contributed by atoms with van der Waals surface area (Å²) in [7, 11) is -6.77. The Bertz CT molecular complexity index is 1290. The average molecular weight is 680 g/mol. The van der Waals surface area contributed by atoms with Crippen molar-refractivity contribution in [2.75, 3.05) is 19.9 Å². The van der Waals surface area contributed by atoms with Crippen molar-refractivity contribution < 1.29 is 33.3 Å². The standard InChI is InChI=1S/C18H31O3P.C16H27O4P.Ca/c1-9-21-22(8,20)12-13-10-14(17(2,3)4)16(19)15(11-13)18(5,6)7;1-8-20-21(18,19)11-9-12(15(2,3)4)14(17)13(10-11)16(5,6)7;/h10-11,19H,9,12H2,1-8H3;9-10,17H,8H2,1-7H3,(H,18,19);/q;;+2/p-1. The van der Waals surface area contributed by atoms with E-state index in [2.05, 4.69) is 41.5 Å². The monoisotopic (exact) mass is 679 g/mol. The minimum Gasteiger partial charge on any atom is -0.775 e. The van der Waals surface area contributed by atoms with E-state index in [9.17, 15) is 24.2 Å². The Morgan fingerprint density at radius 3 is 1.20 bits per heavy atom. The number of rotatable bonds is 7. The first-order valence-electron chi connectivity index (χ1n) is 15.0. The van der Waals surface area contributed by atoms with Crippen LogP contribution >= 0.6 is 15.0 Å². The quantitative estimate of drug-likeness (QED) is 0.224. The molecule has 0 saturated heterocycles. The minimum atomic E-state index is -4.12. The third kappa shape index (κ3) is 12.3. The molecule has 0 aliphatic rings. The molecule has 0 spiro atoms. The zero-order valence-corrected chi connectivity index (χ0v) is 34.0. The number of phenols is 2. The predicted octanol–water partition coefficient (Wildman–Crippen LogP) is 8.25. The minimum absolute atomic E-state index is 0. The summed E-state index contributed by atoms with van der Waals surface area (Å²) in [6.07, 6.45) is 0.396. The van der Waals surface area contributed by atoms with Crippen LogP contribution in [0, 0.1) is 0 Å². The first-order valence-corrected chi connectivity index (χ1v) is 18.8. The van der Waals surface area contributed by atoms with Gasteiger partial charge in [-0.25, -0.2) is 0 Å². The van der Waals surface area contributed by atoms with Crippen LogP contribution in [0.3, 0.4) is 0 Å². The van der Waals surface area contributed by atoms with Crippen LogP contribution in [-0.2, 0) is 46.0 Å². The van der Waals surface area contributed by atoms with E-state index in [4.69, 9.17) is 9.05 Å². The van der Waals surface area contributed by atoms with Gasteiger partial charge in [0, 0.05) is 29.3 Å². The molecule has 0 saturated carbocycles. The van der Waals surface area contributed by atoms with Gasteiger partial charge in [0.15, 0.2) is 7.60 Å². The summed E-state index contributed by atoms with van der Waals surface area (Å²) >= 11 is 0. The van der Waals surface area contributed by atoms with E-state index in [0.717, 1.165) is 16.7 Å². The second-order valence-corrected chi connectivity index (χ2v) is 19.8. The van der Waals surface area contributed by atoms with Gasteiger partial charge in [-0.05, 0) is 64.3 Å². The van der Waals surface area contributed by atoms with Gasteiger partial charge in [0.2, 0.25) is 7.37 Å². The molecular weight excluding hydrogens is 622 g/mol. The van der Waals surface area contributed by atoms with Crippen molar-refractivity contribution >= 4 is 58.0 Å². The molecule has 0 aliphatic heterocycles. The molecule has 0 aromatic heterocycles. The Kier molecular flexibility index (Phi) is 15.6. The first kappa shape index (κ1) is 43.6. The zero-order valence-electron chi connectivity index (χ0n) is 30.0. The number of phenolic OH excluding ortho intramolecular Hbond substituents is 2. The smallest absolute Gasteiger partial charge is 0.775 e. The summed E-state index contributed by atoms with van der Waals surface area (Å²) in [6, 6.07) is 6.99. The Labute approximate surface area is 297 Å². The maximum atomic E-state index is 12.5. The van der Waals surface area contributed by atoms with Crippen molar-refractivity contribution in [2.24, 2.45) is 0 Å². The van der Waals surface area contributed by atoms with Crippen molar-refractivity contribution in [3.63, 3.8) is 0 Å². The molecule has 7 nitrogen and oxygen atoms in total. The molecule has 246 valence electrons. The van der Waals surface area contributed by atoms with Crippen LogP contribution in [-0.4, -0.2) is 67.8 Å². The van der Waals surface area contributed by atoms with E-state index in [1.807, 2.05) is 60.6 Å². The third-order valence-electron chi connectivity index (χ3n) is 6.98. The van der Waals surface area contributed by atoms with Crippen LogP contribution in [0.1, 0.15) is 125 Å². The fraction of sp³-hybridized carbons (Fsp3) is 0.647. The Morgan fingerprint density at radius 1 is 0.636 bits per heavy atom. The van der Waals surface area contributed by atoms with Crippen molar-refractivity contribution in [3.8, 4) is 11.5 Å². The molecule has 2 aromatic rings. The molecule has 44 heavy (non-hydrogen) atoms. The van der Waals surface area contributed by atoms with Gasteiger partial charge in [-0.15, -0.1) is 0 Å². The van der Waals surface area contributed by atoms with Crippen LogP contribution in [0.4, 0.5) is 0 Å². The summed E-state index contributed by atoms with van der Waals surface area (Å²) < 4.78 is 35.0. The number of aromatic hydroxyl groups is 2. The molecule has 0 fully saturated rings. The van der Waals surface area contributed by atoms with Crippen LogP contribution < -0.4 is 10.2 Å². The van der Waals surface area contributed by atoms with Gasteiger partial charge in [-0.3, -0.25) is 4.57 Å². The number of benzene rings is 2. The van der Waals surface area contributed by atoms with E-state index in [1.165, 1.54) is 12.1 Å². The molecule has 2 N–H and O–H groups in total. The van der Waals surface area contributed by atoms with Crippen LogP contribution in [0.25, 0.3) is 0 Å². The van der Waals surface area contributed by atoms with Gasteiger partial charge in [-0.2, -0.15) is 0 Å². The fourth-order valence-electron chi connectivity index (χ4n) is 4.74. The van der Waals surface area contributed by atoms with E-state index < -0.39 is 15.0 Å². The van der Waals surface area contributed by atoms with Gasteiger partial charge < -0.3 is 28.7 Å². The van der Waals surface area contributed by atoms with Crippen molar-refractivity contribution in [1.29, 1.82) is 0 Å². The van der Waals surface area contributed by atoms with Gasteiger partial charge >= 0.3 is 37.7 Å². The summed E-state index contributed by atoms with van der Waals surface area (Å²) in [5, 5.41) is 21.4. The summed E-state index contributed by atoms with van der Waals surface area (Å²) in [5.74, 6) is 0.515. The predicted molar refractivity (Wildman–Crippen MR) is 184 cm³/mol. The summed E-state index contributed by atoms with van der Waals surface area (Å²) in [5.41, 5.74) is 2.89. The number of hydrogen-bond donors (Lipinski definition) is 2. The van der Waals surface area contributed by atoms with E-state index in [1.54, 1.807) is 13.6 Å². The first-order chi connectivity index (χ1) is 19.1. The third-order valence-corrected chi connectivity index (χ3v) is 10.2. The molecule has 10 heteroatoms. The Hall–Kier alpha value is -0.360. The molecule has 0 radical (unpaired) electrons. The van der Waals surface area contributed by atoms with E-state index in [0.29, 0.717) is 29.6 Å². The van der Waals surface area contributed by atoms with Crippen molar-refractivity contribution in [1.82, 2.24) is 0 Å². The van der Waals surface area contributed by atoms with Gasteiger partial charge in [0.05, 0.1) is 13.2 Å². The molecular formula is C34H57CaO7P2+. The van der Waals surface area contributed by atoms with Gasteiger partial charge in [-0.1, -0.05) is 95.2 Å². The molecule has 0 aliphatic carbocycles. The van der Waals surface area contributed by atoms with Crippen LogP contribution in [0.5, 0.6) is 11.5 Å². The van der Waals surface area contributed by atoms with E-state index >= 15 is 0 Å². The average Bonchev–Trinajstić information content (AvgIpc) is 2.77. The molecule has 0 heterocycles. The van der Waals surface area contributed by atoms with Crippen molar-refractivity contribution in [3.05, 3.63) is 52.1 Å². The van der Waals surface area contributed by atoms with Crippen molar-refractivity contribution in [2.45, 2.75) is 125 Å². The molecule has 2 rings (SSSR count). The van der Waals surface area contributed by atoms with Gasteiger partial charge in [0.1, 0.15) is 11.5 Å². The maximum Gasteiger partial charge on any atom is 2.00 e. The zero-order chi connectivity index (χ0) is 34.0. The second kappa shape index (κ2) is 15.7. The topological polar surface area (TPSA) is 116 Å². The maximum absolute atomic E-state index is 12.5. The fourth-order valence-corrected chi connectivity index (χ4v) is 7.29. The number of hydrogen-bond acceptors (Lipinski definition) is 7. The SMILES string of the molecule is CCOP(=O)([O-])c1cc(C(C)(C)C)c(O)c(C(C)(C)C)c1.CCOP(C)(=O)Cc1cc(C(C)(C)C)c(O)c(C(C)(C)C)c1.[Ca+2]. The molecule has 2 unspecified atom stereocenters. The molecule has 0 bridgehead atoms. The normalized spacial score (nSPS) is 15.4. The molecule has 0 amide bonds.